The van der Waals surface area contributed by atoms with Crippen molar-refractivity contribution in [1.82, 2.24) is 23.7 Å². The first-order valence-electron chi connectivity index (χ1n) is 19.4. The molecule has 12 aromatic rings. The van der Waals surface area contributed by atoms with E-state index in [9.17, 15) is 0 Å². The molecule has 0 spiro atoms. The third-order valence-corrected chi connectivity index (χ3v) is 11.4. The molecule has 5 heteroatoms. The second-order valence-corrected chi connectivity index (χ2v) is 14.6. The Morgan fingerprint density at radius 2 is 0.772 bits per heavy atom. The van der Waals surface area contributed by atoms with Crippen molar-refractivity contribution in [2.45, 2.75) is 0 Å². The Morgan fingerprint density at radius 3 is 1.39 bits per heavy atom. The summed E-state index contributed by atoms with van der Waals surface area (Å²) in [6, 6.07) is 71.1. The average Bonchev–Trinajstić information content (AvgIpc) is 3.93. The van der Waals surface area contributed by atoms with Crippen LogP contribution in [0, 0.1) is 0 Å². The van der Waals surface area contributed by atoms with Gasteiger partial charge < -0.3 is 9.13 Å². The maximum Gasteiger partial charge on any atom is 0.236 e. The lowest BCUT2D eigenvalue weighted by Gasteiger charge is -2.14. The van der Waals surface area contributed by atoms with Crippen LogP contribution in [0.5, 0.6) is 0 Å². The summed E-state index contributed by atoms with van der Waals surface area (Å²) < 4.78 is 7.05. The molecule has 0 amide bonds. The second-order valence-electron chi connectivity index (χ2n) is 14.6. The van der Waals surface area contributed by atoms with Gasteiger partial charge in [0.15, 0.2) is 0 Å². The molecule has 4 heterocycles. The molecule has 12 rings (SSSR count). The largest absolute Gasteiger partial charge is 0.307 e. The zero-order chi connectivity index (χ0) is 37.5. The molecule has 8 aromatic carbocycles. The van der Waals surface area contributed by atoms with Crippen molar-refractivity contribution in [3.05, 3.63) is 200 Å². The third-order valence-electron chi connectivity index (χ3n) is 11.4. The Balaban J connectivity index is 1.29. The number of fused-ring (bicyclic) bond motifs is 10. The van der Waals surface area contributed by atoms with Crippen LogP contribution in [0.3, 0.4) is 0 Å². The van der Waals surface area contributed by atoms with Crippen molar-refractivity contribution in [1.29, 1.82) is 0 Å². The van der Waals surface area contributed by atoms with E-state index >= 15 is 0 Å². The number of aromatic nitrogens is 5. The van der Waals surface area contributed by atoms with Crippen LogP contribution in [0.4, 0.5) is 0 Å². The van der Waals surface area contributed by atoms with Crippen LogP contribution in [0.1, 0.15) is 0 Å². The highest BCUT2D eigenvalue weighted by Gasteiger charge is 2.26. The first kappa shape index (κ1) is 31.6. The van der Waals surface area contributed by atoms with Crippen molar-refractivity contribution >= 4 is 65.5 Å². The van der Waals surface area contributed by atoms with Gasteiger partial charge in [0, 0.05) is 43.9 Å². The molecule has 0 saturated carbocycles. The molecule has 5 nitrogen and oxygen atoms in total. The van der Waals surface area contributed by atoms with Crippen LogP contribution in [0.25, 0.3) is 105 Å². The Bertz CT molecular complexity index is 3490. The fourth-order valence-electron chi connectivity index (χ4n) is 8.99. The van der Waals surface area contributed by atoms with Gasteiger partial charge in [-0.05, 0) is 59.7 Å². The topological polar surface area (TPSA) is 40.6 Å². The number of nitrogens with zero attached hydrogens (tertiary/aromatic N) is 5. The highest BCUT2D eigenvalue weighted by molar-refractivity contribution is 6.24. The quantitative estimate of drug-likeness (QED) is 0.177. The SMILES string of the molecule is c1ccc(-c2ccc3c(c2)c2nc(-n4c5ccccc5c5ccc6c7ccccc7n(-c7ccccc7)c6c54)nc(-c4ccccc4)c2n3-c2ccccc2)cc1. The first-order chi connectivity index (χ1) is 28.3. The van der Waals surface area contributed by atoms with Crippen molar-refractivity contribution in [2.24, 2.45) is 0 Å². The molecule has 0 fully saturated rings. The standard InChI is InChI=1S/C52H33N5/c1-5-17-34(18-6-1)36-29-32-46-43(33-36)48-51(56(46)38-23-11-4-12-24-38)47(35-19-7-2-8-20-35)53-52(54-48)57-45-28-16-14-26-40(45)42-31-30-41-39-25-13-15-27-44(39)55(49(41)50(42)57)37-21-9-3-10-22-37/h1-33H. The van der Waals surface area contributed by atoms with Crippen LogP contribution in [-0.2, 0) is 0 Å². The number of hydrogen-bond acceptors (Lipinski definition) is 2. The number of para-hydroxylation sites is 4. The predicted octanol–water partition coefficient (Wildman–Crippen LogP) is 13.1. The number of rotatable bonds is 5. The van der Waals surface area contributed by atoms with Crippen LogP contribution in [-0.4, -0.2) is 23.7 Å². The third kappa shape index (κ3) is 4.69. The minimum absolute atomic E-state index is 0.627. The molecule has 0 aliphatic carbocycles. The van der Waals surface area contributed by atoms with E-state index in [1.165, 1.54) is 10.8 Å². The van der Waals surface area contributed by atoms with E-state index in [1.807, 2.05) is 0 Å². The van der Waals surface area contributed by atoms with Crippen molar-refractivity contribution in [3.8, 4) is 39.7 Å². The highest BCUT2D eigenvalue weighted by Crippen LogP contribution is 2.43. The average molecular weight is 728 g/mol. The highest BCUT2D eigenvalue weighted by atomic mass is 15.2. The summed E-state index contributed by atoms with van der Waals surface area (Å²) >= 11 is 0. The Labute approximate surface area is 328 Å². The normalized spacial score (nSPS) is 11.9. The summed E-state index contributed by atoms with van der Waals surface area (Å²) in [6.45, 7) is 0. The van der Waals surface area contributed by atoms with Crippen LogP contribution in [0.2, 0.25) is 0 Å². The number of benzene rings is 8. The number of hydrogen-bond donors (Lipinski definition) is 0. The molecular formula is C52H33N5. The Morgan fingerprint density at radius 1 is 0.298 bits per heavy atom. The summed E-state index contributed by atoms with van der Waals surface area (Å²) in [6.07, 6.45) is 0. The molecule has 0 atom stereocenters. The van der Waals surface area contributed by atoms with Crippen molar-refractivity contribution < 1.29 is 0 Å². The van der Waals surface area contributed by atoms with Crippen LogP contribution in [0.15, 0.2) is 200 Å². The minimum Gasteiger partial charge on any atom is -0.307 e. The summed E-state index contributed by atoms with van der Waals surface area (Å²) in [5.41, 5.74) is 13.7. The van der Waals surface area contributed by atoms with E-state index in [2.05, 4.69) is 214 Å². The molecule has 0 aliphatic rings. The van der Waals surface area contributed by atoms with Gasteiger partial charge in [-0.2, -0.15) is 0 Å². The zero-order valence-corrected chi connectivity index (χ0v) is 30.8. The van der Waals surface area contributed by atoms with E-state index in [1.54, 1.807) is 0 Å². The van der Waals surface area contributed by atoms with Crippen molar-refractivity contribution in [2.75, 3.05) is 0 Å². The molecule has 266 valence electrons. The zero-order valence-electron chi connectivity index (χ0n) is 30.8. The molecule has 0 saturated heterocycles. The fraction of sp³-hybridized carbons (Fsp3) is 0. The van der Waals surface area contributed by atoms with Gasteiger partial charge in [-0.1, -0.05) is 152 Å². The Kier molecular flexibility index (Phi) is 6.86. The van der Waals surface area contributed by atoms with E-state index < -0.39 is 0 Å². The fourth-order valence-corrected chi connectivity index (χ4v) is 8.99. The summed E-state index contributed by atoms with van der Waals surface area (Å²) in [4.78, 5) is 11.4. The maximum absolute atomic E-state index is 5.70. The smallest absolute Gasteiger partial charge is 0.236 e. The molecular weight excluding hydrogens is 695 g/mol. The summed E-state index contributed by atoms with van der Waals surface area (Å²) in [5, 5.41) is 5.77. The minimum atomic E-state index is 0.627. The lowest BCUT2D eigenvalue weighted by Crippen LogP contribution is -2.05. The predicted molar refractivity (Wildman–Crippen MR) is 236 cm³/mol. The lowest BCUT2D eigenvalue weighted by molar-refractivity contribution is 1.01. The second kappa shape index (κ2) is 12.4. The van der Waals surface area contributed by atoms with Gasteiger partial charge in [-0.25, -0.2) is 9.97 Å². The van der Waals surface area contributed by atoms with Gasteiger partial charge >= 0.3 is 0 Å². The van der Waals surface area contributed by atoms with Crippen LogP contribution < -0.4 is 0 Å². The summed E-state index contributed by atoms with van der Waals surface area (Å²) in [5.74, 6) is 0.627. The molecule has 0 N–H and O–H groups in total. The van der Waals surface area contributed by atoms with E-state index in [-0.39, 0.29) is 0 Å². The van der Waals surface area contributed by atoms with Crippen LogP contribution >= 0.6 is 0 Å². The van der Waals surface area contributed by atoms with Gasteiger partial charge in [0.25, 0.3) is 0 Å². The maximum atomic E-state index is 5.70. The first-order valence-corrected chi connectivity index (χ1v) is 19.4. The lowest BCUT2D eigenvalue weighted by atomic mass is 10.0. The monoisotopic (exact) mass is 727 g/mol. The van der Waals surface area contributed by atoms with Gasteiger partial charge in [0.05, 0.1) is 33.1 Å². The van der Waals surface area contributed by atoms with Gasteiger partial charge in [-0.3, -0.25) is 4.57 Å². The molecule has 0 bridgehead atoms. The van der Waals surface area contributed by atoms with Gasteiger partial charge in [0.1, 0.15) is 11.2 Å². The Hall–Kier alpha value is -7.76. The van der Waals surface area contributed by atoms with Gasteiger partial charge in [-0.15, -0.1) is 0 Å². The summed E-state index contributed by atoms with van der Waals surface area (Å²) in [7, 11) is 0. The molecule has 57 heavy (non-hydrogen) atoms. The molecule has 4 aromatic heterocycles. The molecule has 0 unspecified atom stereocenters. The van der Waals surface area contributed by atoms with E-state index in [0.29, 0.717) is 5.95 Å². The molecule has 0 radical (unpaired) electrons. The van der Waals surface area contributed by atoms with E-state index in [4.69, 9.17) is 9.97 Å². The van der Waals surface area contributed by atoms with Crippen molar-refractivity contribution in [3.63, 3.8) is 0 Å². The molecule has 0 aliphatic heterocycles. The van der Waals surface area contributed by atoms with E-state index in [0.717, 1.165) is 88.5 Å². The van der Waals surface area contributed by atoms with Gasteiger partial charge in [0.2, 0.25) is 5.95 Å².